The third-order valence-corrected chi connectivity index (χ3v) is 3.28. The summed E-state index contributed by atoms with van der Waals surface area (Å²) in [5.41, 5.74) is 2.20. The van der Waals surface area contributed by atoms with Crippen molar-refractivity contribution in [3.8, 4) is 16.9 Å². The van der Waals surface area contributed by atoms with Crippen molar-refractivity contribution in [2.45, 2.75) is 0 Å². The molecule has 0 aliphatic rings. The molecule has 104 valence electrons. The molecule has 0 aliphatic carbocycles. The number of carbonyl (C=O) groups is 1. The van der Waals surface area contributed by atoms with Crippen LogP contribution in [0.1, 0.15) is 10.4 Å². The van der Waals surface area contributed by atoms with Crippen LogP contribution in [0.15, 0.2) is 48.9 Å². The van der Waals surface area contributed by atoms with Gasteiger partial charge in [-0.3, -0.25) is 9.78 Å². The number of aromatic nitrogens is 3. The highest BCUT2D eigenvalue weighted by molar-refractivity contribution is 6.31. The summed E-state index contributed by atoms with van der Waals surface area (Å²) in [6.45, 7) is 0. The zero-order chi connectivity index (χ0) is 14.8. The Balaban J connectivity index is 2.12. The van der Waals surface area contributed by atoms with Gasteiger partial charge < -0.3 is 0 Å². The van der Waals surface area contributed by atoms with Crippen LogP contribution < -0.4 is 0 Å². The summed E-state index contributed by atoms with van der Waals surface area (Å²) in [7, 11) is 0. The van der Waals surface area contributed by atoms with E-state index in [0.717, 1.165) is 5.69 Å². The first-order chi connectivity index (χ1) is 10.2. The first-order valence-corrected chi connectivity index (χ1v) is 6.47. The predicted octanol–water partition coefficient (Wildman–Crippen LogP) is 3.54. The standard InChI is InChI=1S/C15H9ClFN3O/c16-13-7-10(1-2-14(13)17)15-11(9-21)8-20(19-15)12-3-5-18-6-4-12/h1-9H. The number of pyridine rings is 1. The minimum atomic E-state index is -0.512. The lowest BCUT2D eigenvalue weighted by Crippen LogP contribution is -1.94. The molecular weight excluding hydrogens is 293 g/mol. The third kappa shape index (κ3) is 2.55. The first kappa shape index (κ1) is 13.5. The lowest BCUT2D eigenvalue weighted by molar-refractivity contribution is 0.112. The number of halogens is 2. The van der Waals surface area contributed by atoms with E-state index in [2.05, 4.69) is 10.1 Å². The van der Waals surface area contributed by atoms with Gasteiger partial charge in [0.15, 0.2) is 6.29 Å². The van der Waals surface area contributed by atoms with Crippen LogP contribution in [0.3, 0.4) is 0 Å². The molecule has 3 rings (SSSR count). The number of hydrogen-bond donors (Lipinski definition) is 0. The second-order valence-electron chi connectivity index (χ2n) is 4.33. The summed E-state index contributed by atoms with van der Waals surface area (Å²) in [4.78, 5) is 15.2. The maximum atomic E-state index is 13.2. The van der Waals surface area contributed by atoms with Gasteiger partial charge in [0, 0.05) is 24.2 Å². The van der Waals surface area contributed by atoms with E-state index in [9.17, 15) is 9.18 Å². The van der Waals surface area contributed by atoms with Gasteiger partial charge in [-0.15, -0.1) is 0 Å². The molecule has 0 N–H and O–H groups in total. The Morgan fingerprint density at radius 3 is 2.62 bits per heavy atom. The smallest absolute Gasteiger partial charge is 0.153 e. The van der Waals surface area contributed by atoms with Gasteiger partial charge in [-0.2, -0.15) is 5.10 Å². The molecule has 4 nitrogen and oxygen atoms in total. The normalized spacial score (nSPS) is 10.6. The van der Waals surface area contributed by atoms with Crippen LogP contribution in [0.4, 0.5) is 4.39 Å². The molecule has 0 unspecified atom stereocenters. The summed E-state index contributed by atoms with van der Waals surface area (Å²) in [5, 5.41) is 4.36. The number of aldehydes is 1. The quantitative estimate of drug-likeness (QED) is 0.695. The van der Waals surface area contributed by atoms with E-state index in [1.165, 1.54) is 18.2 Å². The summed E-state index contributed by atoms with van der Waals surface area (Å²) in [5.74, 6) is -0.512. The van der Waals surface area contributed by atoms with Gasteiger partial charge in [0.05, 0.1) is 16.3 Å². The van der Waals surface area contributed by atoms with Crippen LogP contribution in [0.5, 0.6) is 0 Å². The fourth-order valence-electron chi connectivity index (χ4n) is 1.97. The van der Waals surface area contributed by atoms with E-state index in [1.807, 2.05) is 0 Å². The fourth-order valence-corrected chi connectivity index (χ4v) is 2.15. The van der Waals surface area contributed by atoms with Gasteiger partial charge in [0.25, 0.3) is 0 Å². The molecule has 3 aromatic rings. The second-order valence-corrected chi connectivity index (χ2v) is 4.74. The maximum Gasteiger partial charge on any atom is 0.153 e. The van der Waals surface area contributed by atoms with E-state index >= 15 is 0 Å². The minimum absolute atomic E-state index is 0.0113. The van der Waals surface area contributed by atoms with Crippen molar-refractivity contribution in [1.82, 2.24) is 14.8 Å². The van der Waals surface area contributed by atoms with Crippen molar-refractivity contribution in [1.29, 1.82) is 0 Å². The fraction of sp³-hybridized carbons (Fsp3) is 0. The predicted molar refractivity (Wildman–Crippen MR) is 77.2 cm³/mol. The largest absolute Gasteiger partial charge is 0.298 e. The van der Waals surface area contributed by atoms with Gasteiger partial charge in [-0.05, 0) is 30.3 Å². The Morgan fingerprint density at radius 1 is 1.19 bits per heavy atom. The van der Waals surface area contributed by atoms with E-state index in [4.69, 9.17) is 11.6 Å². The summed E-state index contributed by atoms with van der Waals surface area (Å²) < 4.78 is 14.8. The average Bonchev–Trinajstić information content (AvgIpc) is 2.95. The Hall–Kier alpha value is -2.53. The highest BCUT2D eigenvalue weighted by Gasteiger charge is 2.13. The van der Waals surface area contributed by atoms with Gasteiger partial charge in [0.1, 0.15) is 11.5 Å². The SMILES string of the molecule is O=Cc1cn(-c2ccncc2)nc1-c1ccc(F)c(Cl)c1. The van der Waals surface area contributed by atoms with E-state index < -0.39 is 5.82 Å². The lowest BCUT2D eigenvalue weighted by atomic mass is 10.1. The van der Waals surface area contributed by atoms with E-state index in [-0.39, 0.29) is 5.02 Å². The number of rotatable bonds is 3. The molecule has 0 amide bonds. The van der Waals surface area contributed by atoms with Crippen molar-refractivity contribution in [2.75, 3.05) is 0 Å². The maximum absolute atomic E-state index is 13.2. The molecule has 6 heteroatoms. The topological polar surface area (TPSA) is 47.8 Å². The highest BCUT2D eigenvalue weighted by Crippen LogP contribution is 2.26. The molecule has 0 fully saturated rings. The molecule has 0 bridgehead atoms. The second kappa shape index (κ2) is 5.46. The molecule has 0 atom stereocenters. The molecule has 0 saturated heterocycles. The number of carbonyl (C=O) groups excluding carboxylic acids is 1. The number of hydrogen-bond acceptors (Lipinski definition) is 3. The molecular formula is C15H9ClFN3O. The third-order valence-electron chi connectivity index (χ3n) is 2.99. The van der Waals surface area contributed by atoms with Crippen LogP contribution in [-0.2, 0) is 0 Å². The number of nitrogens with zero attached hydrogens (tertiary/aromatic N) is 3. The molecule has 0 radical (unpaired) electrons. The average molecular weight is 302 g/mol. The van der Waals surface area contributed by atoms with Gasteiger partial charge in [-0.1, -0.05) is 11.6 Å². The zero-order valence-corrected chi connectivity index (χ0v) is 11.5. The van der Waals surface area contributed by atoms with Gasteiger partial charge in [-0.25, -0.2) is 9.07 Å². The van der Waals surface area contributed by atoms with Crippen molar-refractivity contribution in [3.05, 3.63) is 65.3 Å². The summed E-state index contributed by atoms with van der Waals surface area (Å²) in [6, 6.07) is 7.76. The Kier molecular flexibility index (Phi) is 3.50. The highest BCUT2D eigenvalue weighted by atomic mass is 35.5. The Labute approximate surface area is 124 Å². The van der Waals surface area contributed by atoms with Crippen LogP contribution >= 0.6 is 11.6 Å². The number of benzene rings is 1. The van der Waals surface area contributed by atoms with E-state index in [0.29, 0.717) is 23.1 Å². The zero-order valence-electron chi connectivity index (χ0n) is 10.7. The van der Waals surface area contributed by atoms with Crippen molar-refractivity contribution < 1.29 is 9.18 Å². The van der Waals surface area contributed by atoms with Crippen LogP contribution in [-0.4, -0.2) is 21.1 Å². The molecule has 2 aromatic heterocycles. The Morgan fingerprint density at radius 2 is 1.95 bits per heavy atom. The van der Waals surface area contributed by atoms with Crippen molar-refractivity contribution >= 4 is 17.9 Å². The van der Waals surface area contributed by atoms with Crippen LogP contribution in [0.25, 0.3) is 16.9 Å². The van der Waals surface area contributed by atoms with Gasteiger partial charge >= 0.3 is 0 Å². The molecule has 2 heterocycles. The molecule has 0 saturated carbocycles. The van der Waals surface area contributed by atoms with E-state index in [1.54, 1.807) is 35.4 Å². The van der Waals surface area contributed by atoms with Crippen LogP contribution in [0, 0.1) is 5.82 Å². The first-order valence-electron chi connectivity index (χ1n) is 6.09. The molecule has 21 heavy (non-hydrogen) atoms. The van der Waals surface area contributed by atoms with Crippen LogP contribution in [0.2, 0.25) is 5.02 Å². The molecule has 1 aromatic carbocycles. The summed E-state index contributed by atoms with van der Waals surface area (Å²) in [6.07, 6.45) is 5.57. The van der Waals surface area contributed by atoms with Gasteiger partial charge in [0.2, 0.25) is 0 Å². The molecule has 0 spiro atoms. The molecule has 0 aliphatic heterocycles. The minimum Gasteiger partial charge on any atom is -0.298 e. The lowest BCUT2D eigenvalue weighted by Gasteiger charge is -2.01. The summed E-state index contributed by atoms with van der Waals surface area (Å²) >= 11 is 5.78. The Bertz CT molecular complexity index is 802. The monoisotopic (exact) mass is 301 g/mol. The van der Waals surface area contributed by atoms with Crippen molar-refractivity contribution in [3.63, 3.8) is 0 Å². The van der Waals surface area contributed by atoms with Crippen molar-refractivity contribution in [2.24, 2.45) is 0 Å².